The number of carbonyl (C=O) groups excluding carboxylic acids is 2. The van der Waals surface area contributed by atoms with Gasteiger partial charge in [-0.3, -0.25) is 9.59 Å². The molecule has 6 heteroatoms. The molecule has 26 heavy (non-hydrogen) atoms. The van der Waals surface area contributed by atoms with Crippen LogP contribution in [0.2, 0.25) is 0 Å². The summed E-state index contributed by atoms with van der Waals surface area (Å²) in [6.07, 6.45) is 3.81. The van der Waals surface area contributed by atoms with E-state index in [2.05, 4.69) is 5.32 Å². The summed E-state index contributed by atoms with van der Waals surface area (Å²) in [7, 11) is 1.58. The molecular weight excluding hydrogens is 332 g/mol. The van der Waals surface area contributed by atoms with E-state index in [4.69, 9.17) is 4.74 Å². The maximum Gasteiger partial charge on any atom is 0.225 e. The van der Waals surface area contributed by atoms with Crippen molar-refractivity contribution in [3.05, 3.63) is 29.8 Å². The lowest BCUT2D eigenvalue weighted by Crippen LogP contribution is -2.46. The monoisotopic (exact) mass is 360 g/mol. The van der Waals surface area contributed by atoms with Gasteiger partial charge in [-0.2, -0.15) is 0 Å². The van der Waals surface area contributed by atoms with Crippen LogP contribution in [0.25, 0.3) is 0 Å². The minimum atomic E-state index is -0.769. The summed E-state index contributed by atoms with van der Waals surface area (Å²) in [4.78, 5) is 26.6. The van der Waals surface area contributed by atoms with Gasteiger partial charge in [-0.25, -0.2) is 0 Å². The molecule has 1 atom stereocenters. The van der Waals surface area contributed by atoms with E-state index >= 15 is 0 Å². The van der Waals surface area contributed by atoms with Crippen LogP contribution < -0.4 is 10.1 Å². The van der Waals surface area contributed by atoms with Gasteiger partial charge in [-0.1, -0.05) is 18.6 Å². The average molecular weight is 360 g/mol. The van der Waals surface area contributed by atoms with Crippen LogP contribution in [0.1, 0.15) is 43.8 Å². The number of piperidine rings is 1. The van der Waals surface area contributed by atoms with Crippen molar-refractivity contribution in [3.8, 4) is 5.75 Å². The highest BCUT2D eigenvalue weighted by Crippen LogP contribution is 2.30. The number of aliphatic hydroxyl groups excluding tert-OH is 1. The molecule has 1 aliphatic carbocycles. The predicted octanol–water partition coefficient (Wildman–Crippen LogP) is 1.88. The van der Waals surface area contributed by atoms with E-state index in [0.29, 0.717) is 37.2 Å². The summed E-state index contributed by atoms with van der Waals surface area (Å²) in [6.45, 7) is 1.49. The normalized spacial score (nSPS) is 19.5. The van der Waals surface area contributed by atoms with Crippen molar-refractivity contribution in [2.75, 3.05) is 26.7 Å². The quantitative estimate of drug-likeness (QED) is 0.812. The van der Waals surface area contributed by atoms with Crippen molar-refractivity contribution in [1.29, 1.82) is 0 Å². The Labute approximate surface area is 154 Å². The largest absolute Gasteiger partial charge is 0.497 e. The second-order valence-electron chi connectivity index (χ2n) is 7.26. The first-order valence-corrected chi connectivity index (χ1v) is 9.47. The molecule has 0 aromatic heterocycles. The SMILES string of the molecule is COc1cccc([C@H](O)CNC(=O)C2CCN(C(=O)C3CCC3)CC2)c1. The molecule has 2 aliphatic rings. The van der Waals surface area contributed by atoms with Crippen LogP contribution in [0.15, 0.2) is 24.3 Å². The first-order valence-electron chi connectivity index (χ1n) is 9.47. The number of aliphatic hydroxyl groups is 1. The van der Waals surface area contributed by atoms with Crippen molar-refractivity contribution >= 4 is 11.8 Å². The summed E-state index contributed by atoms with van der Waals surface area (Å²) in [5.74, 6) is 1.04. The zero-order valence-electron chi connectivity index (χ0n) is 15.3. The maximum atomic E-state index is 12.4. The molecule has 0 spiro atoms. The molecule has 1 aromatic carbocycles. The minimum Gasteiger partial charge on any atom is -0.497 e. The van der Waals surface area contributed by atoms with Gasteiger partial charge in [0.1, 0.15) is 5.75 Å². The number of hydrogen-bond acceptors (Lipinski definition) is 4. The second kappa shape index (κ2) is 8.54. The number of nitrogens with zero attached hydrogens (tertiary/aromatic N) is 1. The predicted molar refractivity (Wildman–Crippen MR) is 97.6 cm³/mol. The number of nitrogens with one attached hydrogen (secondary N) is 1. The molecule has 142 valence electrons. The van der Waals surface area contributed by atoms with Gasteiger partial charge in [0.05, 0.1) is 13.2 Å². The number of rotatable bonds is 6. The Morgan fingerprint density at radius 1 is 1.23 bits per heavy atom. The fourth-order valence-corrected chi connectivity index (χ4v) is 3.58. The van der Waals surface area contributed by atoms with Gasteiger partial charge in [0.15, 0.2) is 0 Å². The van der Waals surface area contributed by atoms with E-state index in [1.54, 1.807) is 13.2 Å². The smallest absolute Gasteiger partial charge is 0.225 e. The summed E-state index contributed by atoms with van der Waals surface area (Å²) in [6, 6.07) is 7.20. The highest BCUT2D eigenvalue weighted by Gasteiger charge is 2.33. The van der Waals surface area contributed by atoms with E-state index in [0.717, 1.165) is 19.3 Å². The maximum absolute atomic E-state index is 12.4. The zero-order chi connectivity index (χ0) is 18.5. The van der Waals surface area contributed by atoms with Crippen LogP contribution in [0, 0.1) is 11.8 Å². The van der Waals surface area contributed by atoms with Gasteiger partial charge in [0.25, 0.3) is 0 Å². The Hall–Kier alpha value is -2.08. The highest BCUT2D eigenvalue weighted by molar-refractivity contribution is 5.81. The Morgan fingerprint density at radius 3 is 2.58 bits per heavy atom. The topological polar surface area (TPSA) is 78.9 Å². The molecule has 1 aromatic rings. The Kier molecular flexibility index (Phi) is 6.14. The summed E-state index contributed by atoms with van der Waals surface area (Å²) < 4.78 is 5.15. The van der Waals surface area contributed by atoms with E-state index in [1.165, 1.54) is 0 Å². The number of ether oxygens (including phenoxy) is 1. The molecule has 0 unspecified atom stereocenters. The third-order valence-electron chi connectivity index (χ3n) is 5.58. The van der Waals surface area contributed by atoms with Crippen molar-refractivity contribution in [3.63, 3.8) is 0 Å². The molecule has 1 heterocycles. The lowest BCUT2D eigenvalue weighted by atomic mass is 9.83. The van der Waals surface area contributed by atoms with Crippen LogP contribution in [0.4, 0.5) is 0 Å². The van der Waals surface area contributed by atoms with Gasteiger partial charge >= 0.3 is 0 Å². The molecule has 2 N–H and O–H groups in total. The Morgan fingerprint density at radius 2 is 1.96 bits per heavy atom. The second-order valence-corrected chi connectivity index (χ2v) is 7.26. The van der Waals surface area contributed by atoms with Crippen LogP contribution >= 0.6 is 0 Å². The molecule has 1 saturated heterocycles. The van der Waals surface area contributed by atoms with Gasteiger partial charge in [0, 0.05) is 31.5 Å². The van der Waals surface area contributed by atoms with Crippen LogP contribution in [0.3, 0.4) is 0 Å². The molecule has 2 fully saturated rings. The lowest BCUT2D eigenvalue weighted by molar-refractivity contribution is -0.141. The van der Waals surface area contributed by atoms with Crippen molar-refractivity contribution < 1.29 is 19.4 Å². The van der Waals surface area contributed by atoms with Crippen LogP contribution in [-0.2, 0) is 9.59 Å². The van der Waals surface area contributed by atoms with E-state index in [1.807, 2.05) is 23.1 Å². The highest BCUT2D eigenvalue weighted by atomic mass is 16.5. The summed E-state index contributed by atoms with van der Waals surface area (Å²) >= 11 is 0. The third-order valence-corrected chi connectivity index (χ3v) is 5.58. The van der Waals surface area contributed by atoms with E-state index < -0.39 is 6.10 Å². The first-order chi connectivity index (χ1) is 12.6. The first kappa shape index (κ1) is 18.7. The number of methoxy groups -OCH3 is 1. The fraction of sp³-hybridized carbons (Fsp3) is 0.600. The standard InChI is InChI=1S/C20H28N2O4/c1-26-17-7-3-6-16(12-17)18(23)13-21-19(24)14-8-10-22(11-9-14)20(25)15-4-2-5-15/h3,6-7,12,14-15,18,23H,2,4-5,8-11,13H2,1H3,(H,21,24)/t18-/m1/s1. The van der Waals surface area contributed by atoms with E-state index in [-0.39, 0.29) is 30.2 Å². The molecule has 0 bridgehead atoms. The molecule has 0 radical (unpaired) electrons. The number of amides is 2. The number of benzene rings is 1. The summed E-state index contributed by atoms with van der Waals surface area (Å²) in [5, 5.41) is 13.1. The van der Waals surface area contributed by atoms with E-state index in [9.17, 15) is 14.7 Å². The Bertz CT molecular complexity index is 636. The van der Waals surface area contributed by atoms with Gasteiger partial charge in [-0.05, 0) is 43.4 Å². The molecular formula is C20H28N2O4. The van der Waals surface area contributed by atoms with Crippen molar-refractivity contribution in [1.82, 2.24) is 10.2 Å². The molecule has 1 aliphatic heterocycles. The zero-order valence-corrected chi connectivity index (χ0v) is 15.3. The molecule has 2 amide bonds. The summed E-state index contributed by atoms with van der Waals surface area (Å²) in [5.41, 5.74) is 0.713. The number of hydrogen-bond donors (Lipinski definition) is 2. The van der Waals surface area contributed by atoms with Gasteiger partial charge < -0.3 is 20.1 Å². The third kappa shape index (κ3) is 4.36. The molecule has 3 rings (SSSR count). The number of likely N-dealkylation sites (tertiary alicyclic amines) is 1. The van der Waals surface area contributed by atoms with Gasteiger partial charge in [0.2, 0.25) is 11.8 Å². The molecule has 6 nitrogen and oxygen atoms in total. The molecule has 1 saturated carbocycles. The van der Waals surface area contributed by atoms with Crippen LogP contribution in [0.5, 0.6) is 5.75 Å². The minimum absolute atomic E-state index is 0.0392. The number of carbonyl (C=O) groups is 2. The fourth-order valence-electron chi connectivity index (χ4n) is 3.58. The van der Waals surface area contributed by atoms with Crippen molar-refractivity contribution in [2.45, 2.75) is 38.2 Å². The van der Waals surface area contributed by atoms with Gasteiger partial charge in [-0.15, -0.1) is 0 Å². The average Bonchev–Trinajstić information content (AvgIpc) is 2.64. The Balaban J connectivity index is 1.43. The lowest BCUT2D eigenvalue weighted by Gasteiger charge is -2.36. The van der Waals surface area contributed by atoms with Crippen LogP contribution in [-0.4, -0.2) is 48.6 Å². The van der Waals surface area contributed by atoms with Crippen molar-refractivity contribution in [2.24, 2.45) is 11.8 Å².